The van der Waals surface area contributed by atoms with E-state index >= 15 is 0 Å². The molecule has 1 aliphatic rings. The zero-order chi connectivity index (χ0) is 18.6. The highest BCUT2D eigenvalue weighted by atomic mass is 32.1. The predicted octanol–water partition coefficient (Wildman–Crippen LogP) is 2.44. The lowest BCUT2D eigenvalue weighted by Crippen LogP contribution is -2.30. The first-order chi connectivity index (χ1) is 11.9. The van der Waals surface area contributed by atoms with Crippen LogP contribution in [0.3, 0.4) is 0 Å². The molecule has 2 heterocycles. The van der Waals surface area contributed by atoms with Gasteiger partial charge in [-0.3, -0.25) is 9.59 Å². The fourth-order valence-corrected chi connectivity index (χ4v) is 3.95. The minimum atomic E-state index is -0.574. The normalized spacial score (nSPS) is 16.6. The van der Waals surface area contributed by atoms with E-state index in [1.807, 2.05) is 13.8 Å². The van der Waals surface area contributed by atoms with Crippen LogP contribution in [0.15, 0.2) is 0 Å². The molecule has 1 aromatic rings. The third-order valence-electron chi connectivity index (χ3n) is 4.24. The second-order valence-corrected chi connectivity index (χ2v) is 6.74. The summed E-state index contributed by atoms with van der Waals surface area (Å²) in [5.41, 5.74) is 0.755. The van der Waals surface area contributed by atoms with Gasteiger partial charge in [0.25, 0.3) is 11.8 Å². The number of thiophene rings is 1. The van der Waals surface area contributed by atoms with Crippen molar-refractivity contribution >= 4 is 34.1 Å². The highest BCUT2D eigenvalue weighted by Crippen LogP contribution is 2.35. The summed E-state index contributed by atoms with van der Waals surface area (Å²) in [5, 5.41) is 3.08. The third kappa shape index (κ3) is 4.01. The number of esters is 1. The largest absolute Gasteiger partial charge is 0.465 e. The molecule has 1 N–H and O–H groups in total. The molecule has 0 aromatic carbocycles. The number of carbonyl (C=O) groups is 3. The Hall–Kier alpha value is -1.93. The third-order valence-corrected chi connectivity index (χ3v) is 5.44. The average Bonchev–Trinajstić information content (AvgIpc) is 3.23. The van der Waals surface area contributed by atoms with E-state index in [0.29, 0.717) is 41.6 Å². The molecule has 0 radical (unpaired) electrons. The molecule has 1 saturated heterocycles. The molecule has 138 valence electrons. The van der Waals surface area contributed by atoms with E-state index in [2.05, 4.69) is 5.32 Å². The lowest BCUT2D eigenvalue weighted by atomic mass is 10.1. The summed E-state index contributed by atoms with van der Waals surface area (Å²) in [6.45, 7) is 7.17. The van der Waals surface area contributed by atoms with Crippen LogP contribution in [-0.4, -0.2) is 55.6 Å². The van der Waals surface area contributed by atoms with Gasteiger partial charge in [-0.05, 0) is 39.2 Å². The first-order valence-corrected chi connectivity index (χ1v) is 9.19. The molecule has 25 heavy (non-hydrogen) atoms. The first kappa shape index (κ1) is 19.4. The summed E-state index contributed by atoms with van der Waals surface area (Å²) in [6, 6.07) is 0. The number of anilines is 1. The Bertz CT molecular complexity index is 660. The molecule has 1 aromatic heterocycles. The Balaban J connectivity index is 2.37. The van der Waals surface area contributed by atoms with Crippen LogP contribution in [0.4, 0.5) is 5.00 Å². The molecule has 0 aliphatic carbocycles. The fraction of sp³-hybridized carbons (Fsp3) is 0.588. The molecular formula is C17H24N2O5S. The smallest absolute Gasteiger partial charge is 0.341 e. The summed E-state index contributed by atoms with van der Waals surface area (Å²) in [5.74, 6) is -1.03. The molecule has 0 saturated carbocycles. The maximum atomic E-state index is 12.7. The lowest BCUT2D eigenvalue weighted by Gasteiger charge is -2.17. The van der Waals surface area contributed by atoms with Gasteiger partial charge in [-0.1, -0.05) is 0 Å². The topological polar surface area (TPSA) is 84.9 Å². The second-order valence-electron chi connectivity index (χ2n) is 5.72. The van der Waals surface area contributed by atoms with Gasteiger partial charge in [0, 0.05) is 19.7 Å². The van der Waals surface area contributed by atoms with Gasteiger partial charge in [-0.25, -0.2) is 4.79 Å². The van der Waals surface area contributed by atoms with Gasteiger partial charge in [0.15, 0.2) is 0 Å². The summed E-state index contributed by atoms with van der Waals surface area (Å²) < 4.78 is 10.2. The van der Waals surface area contributed by atoms with Crippen molar-refractivity contribution in [1.82, 2.24) is 4.90 Å². The minimum Gasteiger partial charge on any atom is -0.465 e. The van der Waals surface area contributed by atoms with Gasteiger partial charge >= 0.3 is 5.97 Å². The molecule has 0 bridgehead atoms. The summed E-state index contributed by atoms with van der Waals surface area (Å²) in [4.78, 5) is 39.3. The minimum absolute atomic E-state index is 0.157. The van der Waals surface area contributed by atoms with Crippen LogP contribution in [0, 0.1) is 6.92 Å². The lowest BCUT2D eigenvalue weighted by molar-refractivity contribution is -0.124. The van der Waals surface area contributed by atoms with Gasteiger partial charge in [0.1, 0.15) is 11.1 Å². The number of amides is 2. The molecule has 8 heteroatoms. The van der Waals surface area contributed by atoms with E-state index in [4.69, 9.17) is 9.47 Å². The van der Waals surface area contributed by atoms with E-state index in [1.54, 1.807) is 11.8 Å². The van der Waals surface area contributed by atoms with Gasteiger partial charge in [-0.2, -0.15) is 0 Å². The van der Waals surface area contributed by atoms with Crippen molar-refractivity contribution in [3.63, 3.8) is 0 Å². The van der Waals surface area contributed by atoms with Crippen LogP contribution in [-0.2, 0) is 14.3 Å². The highest BCUT2D eigenvalue weighted by molar-refractivity contribution is 7.18. The first-order valence-electron chi connectivity index (χ1n) is 8.37. The molecule has 1 aliphatic heterocycles. The highest BCUT2D eigenvalue weighted by Gasteiger charge is 2.30. The van der Waals surface area contributed by atoms with Crippen LogP contribution < -0.4 is 5.32 Å². The zero-order valence-electron chi connectivity index (χ0n) is 15.0. The number of methoxy groups -OCH3 is 1. The Labute approximate surface area is 151 Å². The molecule has 7 nitrogen and oxygen atoms in total. The quantitative estimate of drug-likeness (QED) is 0.780. The Morgan fingerprint density at radius 1 is 1.32 bits per heavy atom. The maximum Gasteiger partial charge on any atom is 0.341 e. The molecule has 1 unspecified atom stereocenters. The number of ether oxygens (including phenoxy) is 2. The van der Waals surface area contributed by atoms with E-state index in [1.165, 1.54) is 7.11 Å². The van der Waals surface area contributed by atoms with Gasteiger partial charge in [-0.15, -0.1) is 11.3 Å². The summed E-state index contributed by atoms with van der Waals surface area (Å²) >= 11 is 1.10. The van der Waals surface area contributed by atoms with E-state index < -0.39 is 12.1 Å². The van der Waals surface area contributed by atoms with Crippen molar-refractivity contribution in [1.29, 1.82) is 0 Å². The predicted molar refractivity (Wildman–Crippen MR) is 95.3 cm³/mol. The number of nitrogens with one attached hydrogen (secondary N) is 1. The van der Waals surface area contributed by atoms with Crippen molar-refractivity contribution < 1.29 is 23.9 Å². The van der Waals surface area contributed by atoms with Gasteiger partial charge in [0.2, 0.25) is 0 Å². The second kappa shape index (κ2) is 8.44. The number of hydrogen-bond acceptors (Lipinski definition) is 6. The Morgan fingerprint density at radius 3 is 2.52 bits per heavy atom. The summed E-state index contributed by atoms with van der Waals surface area (Å²) in [6.07, 6.45) is 0.960. The van der Waals surface area contributed by atoms with Crippen molar-refractivity contribution in [2.24, 2.45) is 0 Å². The number of rotatable bonds is 6. The zero-order valence-corrected chi connectivity index (χ0v) is 15.8. The van der Waals surface area contributed by atoms with Crippen molar-refractivity contribution in [2.45, 2.75) is 39.7 Å². The van der Waals surface area contributed by atoms with Crippen LogP contribution in [0.5, 0.6) is 0 Å². The van der Waals surface area contributed by atoms with Crippen molar-refractivity contribution in [3.8, 4) is 0 Å². The SMILES string of the molecule is CCN(CC)C(=O)c1sc(NC(=O)C2CCCO2)c(C(=O)OC)c1C. The van der Waals surface area contributed by atoms with Crippen molar-refractivity contribution in [2.75, 3.05) is 32.1 Å². The molecule has 1 fully saturated rings. The monoisotopic (exact) mass is 368 g/mol. The van der Waals surface area contributed by atoms with E-state index in [0.717, 1.165) is 17.8 Å². The molecule has 0 spiro atoms. The molecular weight excluding hydrogens is 344 g/mol. The van der Waals surface area contributed by atoms with Crippen molar-refractivity contribution in [3.05, 3.63) is 16.0 Å². The van der Waals surface area contributed by atoms with Gasteiger partial charge in [0.05, 0.1) is 17.6 Å². The van der Waals surface area contributed by atoms with Crippen LogP contribution in [0.2, 0.25) is 0 Å². The van der Waals surface area contributed by atoms with Crippen LogP contribution in [0.25, 0.3) is 0 Å². The van der Waals surface area contributed by atoms with Crippen LogP contribution in [0.1, 0.15) is 52.3 Å². The molecule has 2 amide bonds. The Morgan fingerprint density at radius 2 is 2.00 bits per heavy atom. The Kier molecular flexibility index (Phi) is 6.55. The van der Waals surface area contributed by atoms with E-state index in [9.17, 15) is 14.4 Å². The number of hydrogen-bond donors (Lipinski definition) is 1. The van der Waals surface area contributed by atoms with Gasteiger partial charge < -0.3 is 19.7 Å². The number of nitrogens with zero attached hydrogens (tertiary/aromatic N) is 1. The fourth-order valence-electron chi connectivity index (χ4n) is 2.78. The average molecular weight is 368 g/mol. The van der Waals surface area contributed by atoms with E-state index in [-0.39, 0.29) is 17.4 Å². The molecule has 1 atom stereocenters. The summed E-state index contributed by atoms with van der Waals surface area (Å²) in [7, 11) is 1.27. The standard InChI is InChI=1S/C17H24N2O5S/c1-5-19(6-2)16(21)13-10(3)12(17(22)23-4)15(25-13)18-14(20)11-8-7-9-24-11/h11H,5-9H2,1-4H3,(H,18,20). The molecule has 2 rings (SSSR count). The van der Waals surface area contributed by atoms with Crippen LogP contribution >= 0.6 is 11.3 Å². The number of carbonyl (C=O) groups excluding carboxylic acids is 3. The maximum absolute atomic E-state index is 12.7.